The van der Waals surface area contributed by atoms with Gasteiger partial charge >= 0.3 is 0 Å². The highest BCUT2D eigenvalue weighted by Crippen LogP contribution is 1.99. The number of hydrogen-bond donors (Lipinski definition) is 2. The summed E-state index contributed by atoms with van der Waals surface area (Å²) in [5.74, 6) is 1.77. The molecule has 0 radical (unpaired) electrons. The van der Waals surface area contributed by atoms with Crippen LogP contribution in [-0.4, -0.2) is 37.8 Å². The monoisotopic (exact) mass is 250 g/mol. The van der Waals surface area contributed by atoms with E-state index >= 15 is 0 Å². The fourth-order valence-electron chi connectivity index (χ4n) is 1.42. The largest absolute Gasteiger partial charge is 0.356 e. The van der Waals surface area contributed by atoms with Crippen LogP contribution < -0.4 is 5.32 Å². The summed E-state index contributed by atoms with van der Waals surface area (Å²) in [7, 11) is 0. The maximum Gasteiger partial charge on any atom is 0.227 e. The zero-order valence-electron chi connectivity index (χ0n) is 10.0. The molecule has 0 saturated heterocycles. The third-order valence-electron chi connectivity index (χ3n) is 2.28. The van der Waals surface area contributed by atoms with Crippen LogP contribution in [0, 0.1) is 6.92 Å². The maximum atomic E-state index is 11.5. The van der Waals surface area contributed by atoms with E-state index in [2.05, 4.69) is 30.6 Å². The quantitative estimate of drug-likeness (QED) is 0.734. The molecule has 1 amide bonds. The van der Waals surface area contributed by atoms with Gasteiger partial charge in [-0.2, -0.15) is 10.1 Å². The fourth-order valence-corrected chi connectivity index (χ4v) is 1.42. The first kappa shape index (κ1) is 12.2. The van der Waals surface area contributed by atoms with Gasteiger partial charge in [0, 0.05) is 25.8 Å². The van der Waals surface area contributed by atoms with E-state index in [0.717, 1.165) is 5.82 Å². The van der Waals surface area contributed by atoms with E-state index in [1.807, 2.05) is 0 Å². The second kappa shape index (κ2) is 5.89. The Morgan fingerprint density at radius 1 is 1.50 bits per heavy atom. The van der Waals surface area contributed by atoms with Crippen LogP contribution >= 0.6 is 0 Å². The molecular weight excluding hydrogens is 236 g/mol. The van der Waals surface area contributed by atoms with Crippen molar-refractivity contribution in [3.05, 3.63) is 23.9 Å². The molecule has 0 bridgehead atoms. The Morgan fingerprint density at radius 3 is 3.06 bits per heavy atom. The molecule has 0 aliphatic rings. The van der Waals surface area contributed by atoms with Crippen molar-refractivity contribution in [3.63, 3.8) is 0 Å². The molecular formula is C10H14N6O2. The molecule has 0 aromatic carbocycles. The number of rotatable bonds is 6. The van der Waals surface area contributed by atoms with E-state index < -0.39 is 0 Å². The smallest absolute Gasteiger partial charge is 0.227 e. The number of hydrogen-bond acceptors (Lipinski definition) is 6. The van der Waals surface area contributed by atoms with Gasteiger partial charge in [0.05, 0.1) is 0 Å². The number of carbonyl (C=O) groups is 1. The fraction of sp³-hybridized carbons (Fsp3) is 0.500. The van der Waals surface area contributed by atoms with Crippen molar-refractivity contribution in [1.82, 2.24) is 30.6 Å². The average molecular weight is 250 g/mol. The van der Waals surface area contributed by atoms with Gasteiger partial charge in [-0.05, 0) is 6.92 Å². The topological polar surface area (TPSA) is 110 Å². The summed E-state index contributed by atoms with van der Waals surface area (Å²) in [6.07, 6.45) is 2.85. The first-order valence-electron chi connectivity index (χ1n) is 5.64. The van der Waals surface area contributed by atoms with Crippen LogP contribution in [-0.2, 0) is 17.6 Å². The Hall–Kier alpha value is -2.25. The number of aromatic nitrogens is 5. The molecule has 2 aromatic heterocycles. The number of nitrogens with one attached hydrogen (secondary N) is 2. The summed E-state index contributed by atoms with van der Waals surface area (Å²) in [6, 6.07) is 0. The van der Waals surface area contributed by atoms with E-state index in [4.69, 9.17) is 4.52 Å². The summed E-state index contributed by atoms with van der Waals surface area (Å²) in [6.45, 7) is 2.27. The third kappa shape index (κ3) is 3.65. The summed E-state index contributed by atoms with van der Waals surface area (Å²) >= 11 is 0. The zero-order chi connectivity index (χ0) is 12.8. The van der Waals surface area contributed by atoms with Crippen LogP contribution in [0.5, 0.6) is 0 Å². The van der Waals surface area contributed by atoms with E-state index in [9.17, 15) is 4.79 Å². The summed E-state index contributed by atoms with van der Waals surface area (Å²) in [5, 5.41) is 12.9. The second-order valence-electron chi connectivity index (χ2n) is 3.77. The van der Waals surface area contributed by atoms with Gasteiger partial charge in [-0.25, -0.2) is 4.98 Å². The molecule has 96 valence electrons. The highest BCUT2D eigenvalue weighted by Gasteiger charge is 2.07. The lowest BCUT2D eigenvalue weighted by atomic mass is 10.3. The van der Waals surface area contributed by atoms with Gasteiger partial charge in [0.25, 0.3) is 0 Å². The van der Waals surface area contributed by atoms with Gasteiger partial charge in [-0.15, -0.1) is 0 Å². The summed E-state index contributed by atoms with van der Waals surface area (Å²) in [4.78, 5) is 19.5. The Labute approximate surface area is 103 Å². The molecule has 18 heavy (non-hydrogen) atoms. The Bertz CT molecular complexity index is 492. The maximum absolute atomic E-state index is 11.5. The van der Waals surface area contributed by atoms with Crippen molar-refractivity contribution < 1.29 is 9.32 Å². The van der Waals surface area contributed by atoms with Gasteiger partial charge in [0.1, 0.15) is 12.2 Å². The lowest BCUT2D eigenvalue weighted by Gasteiger charge is -2.01. The highest BCUT2D eigenvalue weighted by molar-refractivity contribution is 5.75. The summed E-state index contributed by atoms with van der Waals surface area (Å²) in [5.41, 5.74) is 0. The Balaban J connectivity index is 1.63. The minimum atomic E-state index is -0.0506. The van der Waals surface area contributed by atoms with E-state index in [0.29, 0.717) is 37.5 Å². The number of carbonyl (C=O) groups excluding carboxylic acids is 1. The number of amides is 1. The number of nitrogens with zero attached hydrogens (tertiary/aromatic N) is 4. The molecule has 2 aromatic rings. The number of H-pyrrole nitrogens is 1. The molecule has 0 fully saturated rings. The molecule has 2 N–H and O–H groups in total. The first-order valence-corrected chi connectivity index (χ1v) is 5.64. The summed E-state index contributed by atoms with van der Waals surface area (Å²) < 4.78 is 4.91. The molecule has 2 heterocycles. The van der Waals surface area contributed by atoms with Crippen molar-refractivity contribution in [2.45, 2.75) is 26.2 Å². The molecule has 8 nitrogen and oxygen atoms in total. The van der Waals surface area contributed by atoms with Crippen LogP contribution in [0.25, 0.3) is 0 Å². The second-order valence-corrected chi connectivity index (χ2v) is 3.77. The highest BCUT2D eigenvalue weighted by atomic mass is 16.5. The van der Waals surface area contributed by atoms with Gasteiger partial charge in [-0.1, -0.05) is 5.16 Å². The SMILES string of the molecule is Cc1noc(CCC(=O)NCCc2ncn[nH]2)n1. The van der Waals surface area contributed by atoms with Crippen molar-refractivity contribution in [1.29, 1.82) is 0 Å². The molecule has 0 aliphatic heterocycles. The Morgan fingerprint density at radius 2 is 2.39 bits per heavy atom. The minimum absolute atomic E-state index is 0.0506. The van der Waals surface area contributed by atoms with Gasteiger partial charge in [0.2, 0.25) is 11.8 Å². The lowest BCUT2D eigenvalue weighted by Crippen LogP contribution is -2.26. The van der Waals surface area contributed by atoms with Crippen molar-refractivity contribution in [3.8, 4) is 0 Å². The molecule has 0 aliphatic carbocycles. The van der Waals surface area contributed by atoms with Gasteiger partial charge in [-0.3, -0.25) is 9.89 Å². The van der Waals surface area contributed by atoms with Crippen LogP contribution in [0.3, 0.4) is 0 Å². The minimum Gasteiger partial charge on any atom is -0.356 e. The van der Waals surface area contributed by atoms with Gasteiger partial charge in [0.15, 0.2) is 5.82 Å². The molecule has 8 heteroatoms. The van der Waals surface area contributed by atoms with Gasteiger partial charge < -0.3 is 9.84 Å². The van der Waals surface area contributed by atoms with Crippen LogP contribution in [0.2, 0.25) is 0 Å². The van der Waals surface area contributed by atoms with E-state index in [-0.39, 0.29) is 5.91 Å². The molecule has 0 spiro atoms. The van der Waals surface area contributed by atoms with Crippen LogP contribution in [0.15, 0.2) is 10.9 Å². The lowest BCUT2D eigenvalue weighted by molar-refractivity contribution is -0.121. The number of aromatic amines is 1. The van der Waals surface area contributed by atoms with Crippen LogP contribution in [0.1, 0.15) is 24.0 Å². The van der Waals surface area contributed by atoms with E-state index in [1.165, 1.54) is 6.33 Å². The number of aryl methyl sites for hydroxylation is 2. The third-order valence-corrected chi connectivity index (χ3v) is 2.28. The van der Waals surface area contributed by atoms with Crippen molar-refractivity contribution >= 4 is 5.91 Å². The average Bonchev–Trinajstić information content (AvgIpc) is 2.98. The molecule has 0 unspecified atom stereocenters. The van der Waals surface area contributed by atoms with Crippen LogP contribution in [0.4, 0.5) is 0 Å². The predicted molar refractivity (Wildman–Crippen MR) is 60.5 cm³/mol. The van der Waals surface area contributed by atoms with E-state index in [1.54, 1.807) is 6.92 Å². The molecule has 0 atom stereocenters. The molecule has 2 rings (SSSR count). The molecule has 0 saturated carbocycles. The first-order chi connectivity index (χ1) is 8.74. The normalized spacial score (nSPS) is 10.5. The Kier molecular flexibility index (Phi) is 4.00. The van der Waals surface area contributed by atoms with Crippen molar-refractivity contribution in [2.75, 3.05) is 6.54 Å². The predicted octanol–water partition coefficient (Wildman–Crippen LogP) is -0.212. The zero-order valence-corrected chi connectivity index (χ0v) is 10.0. The van der Waals surface area contributed by atoms with Crippen molar-refractivity contribution in [2.24, 2.45) is 0 Å². The standard InChI is InChI=1S/C10H14N6O2/c1-7-14-10(18-16-7)3-2-9(17)11-5-4-8-12-6-13-15-8/h6H,2-5H2,1H3,(H,11,17)(H,12,13,15).